The molecule has 0 unspecified atom stereocenters. The Morgan fingerprint density at radius 2 is 1.82 bits per heavy atom. The highest BCUT2D eigenvalue weighted by Crippen LogP contribution is 2.30. The molecule has 34 heavy (non-hydrogen) atoms. The average molecular weight is 509 g/mol. The third kappa shape index (κ3) is 5.04. The normalized spacial score (nSPS) is 10.6. The Hall–Kier alpha value is -3.45. The minimum atomic E-state index is -0.558. The van der Waals surface area contributed by atoms with Crippen molar-refractivity contribution in [1.29, 1.82) is 5.26 Å². The Labute approximate surface area is 208 Å². The third-order valence-corrected chi connectivity index (χ3v) is 7.23. The minimum absolute atomic E-state index is 0.0555. The number of carbonyl (C=O) groups is 1. The zero-order chi connectivity index (χ0) is 24.2. The SMILES string of the molecule is COc1ccc(-c2nc(SCC(=O)c3sc(-c4ccc(Cl)cc4)nc3C)[nH]c(=O)c2C#N)cc1. The molecule has 1 N–H and O–H groups in total. The summed E-state index contributed by atoms with van der Waals surface area (Å²) in [6.07, 6.45) is 0. The van der Waals surface area contributed by atoms with Gasteiger partial charge < -0.3 is 9.72 Å². The molecule has 170 valence electrons. The van der Waals surface area contributed by atoms with Crippen LogP contribution in [0.3, 0.4) is 0 Å². The van der Waals surface area contributed by atoms with E-state index in [1.807, 2.05) is 18.2 Å². The highest BCUT2D eigenvalue weighted by molar-refractivity contribution is 7.99. The van der Waals surface area contributed by atoms with E-state index in [0.717, 1.165) is 22.3 Å². The summed E-state index contributed by atoms with van der Waals surface area (Å²) in [5.41, 5.74) is 1.72. The Morgan fingerprint density at radius 3 is 2.47 bits per heavy atom. The fourth-order valence-electron chi connectivity index (χ4n) is 3.15. The zero-order valence-corrected chi connectivity index (χ0v) is 20.5. The van der Waals surface area contributed by atoms with Crippen LogP contribution in [0, 0.1) is 18.3 Å². The number of nitriles is 1. The van der Waals surface area contributed by atoms with E-state index >= 15 is 0 Å². The number of H-pyrrole nitrogens is 1. The first-order chi connectivity index (χ1) is 16.4. The van der Waals surface area contributed by atoms with Crippen LogP contribution in [0.5, 0.6) is 5.75 Å². The Bertz CT molecular complexity index is 1460. The Kier molecular flexibility index (Phi) is 7.12. The first-order valence-electron chi connectivity index (χ1n) is 9.97. The molecule has 0 aliphatic heterocycles. The number of nitrogens with one attached hydrogen (secondary N) is 1. The van der Waals surface area contributed by atoms with Crippen molar-refractivity contribution in [2.24, 2.45) is 0 Å². The highest BCUT2D eigenvalue weighted by Gasteiger charge is 2.19. The van der Waals surface area contributed by atoms with Gasteiger partial charge in [-0.1, -0.05) is 35.5 Å². The maximum absolute atomic E-state index is 12.9. The van der Waals surface area contributed by atoms with Gasteiger partial charge in [-0.2, -0.15) is 5.26 Å². The number of Topliss-reactive ketones (excluding diaryl/α,β-unsaturated/α-hetero) is 1. The molecule has 10 heteroatoms. The maximum Gasteiger partial charge on any atom is 0.270 e. The van der Waals surface area contributed by atoms with E-state index in [-0.39, 0.29) is 27.9 Å². The predicted molar refractivity (Wildman–Crippen MR) is 134 cm³/mol. The first-order valence-corrected chi connectivity index (χ1v) is 12.2. The largest absolute Gasteiger partial charge is 0.497 e. The van der Waals surface area contributed by atoms with Crippen LogP contribution in [0.4, 0.5) is 0 Å². The van der Waals surface area contributed by atoms with Crippen molar-refractivity contribution in [1.82, 2.24) is 15.0 Å². The van der Waals surface area contributed by atoms with Gasteiger partial charge in [0.1, 0.15) is 22.4 Å². The molecule has 0 amide bonds. The monoisotopic (exact) mass is 508 g/mol. The van der Waals surface area contributed by atoms with Crippen LogP contribution in [-0.4, -0.2) is 33.6 Å². The van der Waals surface area contributed by atoms with Gasteiger partial charge in [0, 0.05) is 16.1 Å². The lowest BCUT2D eigenvalue weighted by molar-refractivity contribution is 0.102. The molecule has 0 bridgehead atoms. The summed E-state index contributed by atoms with van der Waals surface area (Å²) in [6.45, 7) is 1.79. The summed E-state index contributed by atoms with van der Waals surface area (Å²) in [5, 5.41) is 11.1. The van der Waals surface area contributed by atoms with E-state index in [1.54, 1.807) is 50.4 Å². The van der Waals surface area contributed by atoms with Crippen LogP contribution in [0.25, 0.3) is 21.8 Å². The Balaban J connectivity index is 1.56. The van der Waals surface area contributed by atoms with E-state index in [4.69, 9.17) is 16.3 Å². The van der Waals surface area contributed by atoms with Crippen LogP contribution >= 0.6 is 34.7 Å². The van der Waals surface area contributed by atoms with E-state index in [0.29, 0.717) is 26.9 Å². The van der Waals surface area contributed by atoms with Gasteiger partial charge in [-0.05, 0) is 43.3 Å². The van der Waals surface area contributed by atoms with Crippen molar-refractivity contribution in [3.63, 3.8) is 0 Å². The standard InChI is InChI=1S/C24H17ClN4O3S2/c1-13-21(34-23(27-13)15-3-7-16(25)8-4-15)19(30)12-33-24-28-20(18(11-26)22(31)29-24)14-5-9-17(32-2)10-6-14/h3-10H,12H2,1-2H3,(H,28,29,31). The molecule has 0 radical (unpaired) electrons. The summed E-state index contributed by atoms with van der Waals surface area (Å²) in [5.74, 6) is 0.573. The average Bonchev–Trinajstić information content (AvgIpc) is 3.24. The molecular formula is C24H17ClN4O3S2. The van der Waals surface area contributed by atoms with Crippen molar-refractivity contribution in [2.75, 3.05) is 12.9 Å². The number of thioether (sulfide) groups is 1. The van der Waals surface area contributed by atoms with Gasteiger partial charge in [0.25, 0.3) is 5.56 Å². The lowest BCUT2D eigenvalue weighted by atomic mass is 10.1. The second kappa shape index (κ2) is 10.2. The Morgan fingerprint density at radius 1 is 1.15 bits per heavy atom. The molecule has 7 nitrogen and oxygen atoms in total. The van der Waals surface area contributed by atoms with Crippen LogP contribution in [0.15, 0.2) is 58.5 Å². The number of hydrogen-bond acceptors (Lipinski definition) is 8. The molecular weight excluding hydrogens is 492 g/mol. The number of halogens is 1. The van der Waals surface area contributed by atoms with E-state index in [1.165, 1.54) is 11.3 Å². The molecule has 0 aliphatic carbocycles. The maximum atomic E-state index is 12.9. The fourth-order valence-corrected chi connectivity index (χ4v) is 5.11. The summed E-state index contributed by atoms with van der Waals surface area (Å²) in [4.78, 5) is 37.5. The first kappa shape index (κ1) is 23.7. The van der Waals surface area contributed by atoms with Crippen molar-refractivity contribution in [3.05, 3.63) is 80.0 Å². The summed E-state index contributed by atoms with van der Waals surface area (Å²) >= 11 is 8.36. The molecule has 2 aromatic carbocycles. The zero-order valence-electron chi connectivity index (χ0n) is 18.1. The van der Waals surface area contributed by atoms with Gasteiger partial charge in [-0.15, -0.1) is 11.3 Å². The number of aromatic nitrogens is 3. The van der Waals surface area contributed by atoms with Gasteiger partial charge in [-0.25, -0.2) is 9.97 Å². The van der Waals surface area contributed by atoms with Crippen molar-refractivity contribution in [2.45, 2.75) is 12.1 Å². The number of aromatic amines is 1. The van der Waals surface area contributed by atoms with Gasteiger partial charge in [0.05, 0.1) is 29.1 Å². The summed E-state index contributed by atoms with van der Waals surface area (Å²) in [7, 11) is 1.55. The number of hydrogen-bond donors (Lipinski definition) is 1. The van der Waals surface area contributed by atoms with Crippen LogP contribution in [0.1, 0.15) is 20.9 Å². The number of thiazole rings is 1. The summed E-state index contributed by atoms with van der Waals surface area (Å²) < 4.78 is 5.16. The van der Waals surface area contributed by atoms with E-state index in [2.05, 4.69) is 15.0 Å². The van der Waals surface area contributed by atoms with Crippen LogP contribution < -0.4 is 10.3 Å². The van der Waals surface area contributed by atoms with Crippen LogP contribution in [-0.2, 0) is 0 Å². The van der Waals surface area contributed by atoms with E-state index < -0.39 is 5.56 Å². The lowest BCUT2D eigenvalue weighted by Crippen LogP contribution is -2.15. The number of rotatable bonds is 7. The van der Waals surface area contributed by atoms with Gasteiger partial charge in [0.2, 0.25) is 0 Å². The molecule has 2 aromatic heterocycles. The number of ketones is 1. The molecule has 0 atom stereocenters. The second-order valence-electron chi connectivity index (χ2n) is 7.09. The number of benzene rings is 2. The van der Waals surface area contributed by atoms with Crippen molar-refractivity contribution >= 4 is 40.5 Å². The number of carbonyl (C=O) groups excluding carboxylic acids is 1. The number of nitrogens with zero attached hydrogens (tertiary/aromatic N) is 3. The third-order valence-electron chi connectivity index (χ3n) is 4.85. The quantitative estimate of drug-likeness (QED) is 0.203. The minimum Gasteiger partial charge on any atom is -0.497 e. The second-order valence-corrected chi connectivity index (χ2v) is 9.49. The fraction of sp³-hybridized carbons (Fsp3) is 0.125. The van der Waals surface area contributed by atoms with Crippen LogP contribution in [0.2, 0.25) is 5.02 Å². The molecule has 0 saturated carbocycles. The molecule has 2 heterocycles. The molecule has 0 aliphatic rings. The lowest BCUT2D eigenvalue weighted by Gasteiger charge is -2.07. The molecule has 0 saturated heterocycles. The number of ether oxygens (including phenoxy) is 1. The van der Waals surface area contributed by atoms with Crippen molar-refractivity contribution in [3.8, 4) is 33.6 Å². The van der Waals surface area contributed by atoms with E-state index in [9.17, 15) is 14.9 Å². The number of methoxy groups -OCH3 is 1. The molecule has 4 rings (SSSR count). The smallest absolute Gasteiger partial charge is 0.270 e. The molecule has 0 spiro atoms. The highest BCUT2D eigenvalue weighted by atomic mass is 35.5. The number of aryl methyl sites for hydroxylation is 1. The topological polar surface area (TPSA) is 109 Å². The predicted octanol–water partition coefficient (Wildman–Crippen LogP) is 5.38. The molecule has 4 aromatic rings. The van der Waals surface area contributed by atoms with Gasteiger partial charge in [0.15, 0.2) is 10.9 Å². The van der Waals surface area contributed by atoms with Gasteiger partial charge >= 0.3 is 0 Å². The van der Waals surface area contributed by atoms with Gasteiger partial charge in [-0.3, -0.25) is 9.59 Å². The molecule has 0 fully saturated rings. The summed E-state index contributed by atoms with van der Waals surface area (Å²) in [6, 6.07) is 16.1. The van der Waals surface area contributed by atoms with Crippen molar-refractivity contribution < 1.29 is 9.53 Å².